The number of nitrogens with zero attached hydrogens (tertiary/aromatic N) is 1. The Morgan fingerprint density at radius 2 is 1.71 bits per heavy atom. The zero-order valence-corrected chi connectivity index (χ0v) is 19.2. The molecule has 2 N–H and O–H groups in total. The van der Waals surface area contributed by atoms with Crippen LogP contribution in [0.5, 0.6) is 11.5 Å². The van der Waals surface area contributed by atoms with Gasteiger partial charge in [0.25, 0.3) is 0 Å². The predicted octanol–water partition coefficient (Wildman–Crippen LogP) is 6.62. The Morgan fingerprint density at radius 1 is 1.00 bits per heavy atom. The summed E-state index contributed by atoms with van der Waals surface area (Å²) in [7, 11) is 0. The van der Waals surface area contributed by atoms with Gasteiger partial charge in [0.1, 0.15) is 41.1 Å². The molecular weight excluding hydrogens is 515 g/mol. The van der Waals surface area contributed by atoms with E-state index in [1.54, 1.807) is 34.9 Å². The maximum Gasteiger partial charge on any atom is 0.339 e. The predicted molar refractivity (Wildman–Crippen MR) is 123 cm³/mol. The Balaban J connectivity index is 1.78. The molecule has 0 bridgehead atoms. The number of carboxylic acids is 1. The lowest BCUT2D eigenvalue weighted by molar-refractivity contribution is 0.0693. The molecule has 0 fully saturated rings. The molecule has 5 nitrogen and oxygen atoms in total. The average Bonchev–Trinajstić information content (AvgIpc) is 3.15. The molecule has 1 heterocycles. The maximum atomic E-state index is 14.1. The number of hydrogen-bond acceptors (Lipinski definition) is 3. The van der Waals surface area contributed by atoms with Crippen molar-refractivity contribution >= 4 is 21.9 Å². The van der Waals surface area contributed by atoms with Gasteiger partial charge in [-0.1, -0.05) is 15.9 Å². The van der Waals surface area contributed by atoms with Crippen LogP contribution in [0.3, 0.4) is 0 Å². The summed E-state index contributed by atoms with van der Waals surface area (Å²) in [5, 5.41) is 19.3. The zero-order chi connectivity index (χ0) is 24.6. The van der Waals surface area contributed by atoms with Gasteiger partial charge in [-0.2, -0.15) is 0 Å². The lowest BCUT2D eigenvalue weighted by Gasteiger charge is -2.17. The number of halogens is 4. The molecule has 4 rings (SSSR count). The summed E-state index contributed by atoms with van der Waals surface area (Å²) in [6.07, 6.45) is 0. The van der Waals surface area contributed by atoms with E-state index in [2.05, 4.69) is 15.9 Å². The lowest BCUT2D eigenvalue weighted by Crippen LogP contribution is -2.06. The van der Waals surface area contributed by atoms with E-state index in [4.69, 9.17) is 4.74 Å². The van der Waals surface area contributed by atoms with Crippen LogP contribution < -0.4 is 4.74 Å². The topological polar surface area (TPSA) is 71.7 Å². The lowest BCUT2D eigenvalue weighted by atomic mass is 10.1. The third-order valence-electron chi connectivity index (χ3n) is 5.24. The van der Waals surface area contributed by atoms with E-state index in [0.717, 1.165) is 5.69 Å². The van der Waals surface area contributed by atoms with Crippen molar-refractivity contribution in [2.45, 2.75) is 13.5 Å². The van der Waals surface area contributed by atoms with Gasteiger partial charge in [-0.05, 0) is 55.5 Å². The van der Waals surface area contributed by atoms with Gasteiger partial charge < -0.3 is 19.5 Å². The standard InChI is InChI=1S/C25H17BrF3NO4/c1-13-2-5-22(30(13)16-4-6-23(31)18(11-16)25(32)33)17-8-14(26)3-7-24(17)34-12-19-20(28)9-15(27)10-21(19)29/h2-11,31H,12H2,1H3,(H,32,33). The molecule has 4 aromatic rings. The summed E-state index contributed by atoms with van der Waals surface area (Å²) in [5.41, 5.74) is 1.73. The minimum absolute atomic E-state index is 0.260. The highest BCUT2D eigenvalue weighted by molar-refractivity contribution is 9.10. The molecule has 9 heteroatoms. The second kappa shape index (κ2) is 9.26. The Morgan fingerprint density at radius 3 is 2.38 bits per heavy atom. The number of carboxylic acid groups (broad SMARTS) is 1. The molecule has 0 aliphatic rings. The second-order valence-corrected chi connectivity index (χ2v) is 8.39. The van der Waals surface area contributed by atoms with Crippen LogP contribution in [0, 0.1) is 24.4 Å². The molecule has 0 aliphatic carbocycles. The first kappa shape index (κ1) is 23.4. The zero-order valence-electron chi connectivity index (χ0n) is 17.7. The van der Waals surface area contributed by atoms with Crippen LogP contribution in [0.15, 0.2) is 65.1 Å². The van der Waals surface area contributed by atoms with Crippen molar-refractivity contribution in [1.29, 1.82) is 0 Å². The van der Waals surface area contributed by atoms with Crippen molar-refractivity contribution < 1.29 is 32.9 Å². The number of rotatable bonds is 6. The van der Waals surface area contributed by atoms with Crippen molar-refractivity contribution in [3.8, 4) is 28.4 Å². The molecule has 3 aromatic carbocycles. The van der Waals surface area contributed by atoms with E-state index in [0.29, 0.717) is 39.3 Å². The molecule has 34 heavy (non-hydrogen) atoms. The highest BCUT2D eigenvalue weighted by Crippen LogP contribution is 2.37. The highest BCUT2D eigenvalue weighted by Gasteiger charge is 2.19. The number of aromatic hydroxyl groups is 1. The number of hydrogen-bond donors (Lipinski definition) is 2. The van der Waals surface area contributed by atoms with Gasteiger partial charge in [0.2, 0.25) is 0 Å². The smallest absolute Gasteiger partial charge is 0.339 e. The summed E-state index contributed by atoms with van der Waals surface area (Å²) in [4.78, 5) is 11.5. The number of phenols is 1. The summed E-state index contributed by atoms with van der Waals surface area (Å²) < 4.78 is 49.6. The van der Waals surface area contributed by atoms with Crippen LogP contribution in [-0.2, 0) is 6.61 Å². The SMILES string of the molecule is Cc1ccc(-c2cc(Br)ccc2OCc2c(F)cc(F)cc2F)n1-c1ccc(O)c(C(=O)O)c1. The van der Waals surface area contributed by atoms with Gasteiger partial charge >= 0.3 is 5.97 Å². The molecule has 1 aromatic heterocycles. The minimum atomic E-state index is -1.28. The van der Waals surface area contributed by atoms with Crippen molar-refractivity contribution in [2.24, 2.45) is 0 Å². The molecule has 0 amide bonds. The molecule has 0 saturated heterocycles. The van der Waals surface area contributed by atoms with Gasteiger partial charge in [0.05, 0.1) is 11.3 Å². The van der Waals surface area contributed by atoms with Gasteiger partial charge in [0.15, 0.2) is 0 Å². The van der Waals surface area contributed by atoms with Gasteiger partial charge in [-0.15, -0.1) is 0 Å². The fourth-order valence-corrected chi connectivity index (χ4v) is 3.98. The monoisotopic (exact) mass is 531 g/mol. The Kier molecular flexibility index (Phi) is 6.39. The first-order valence-electron chi connectivity index (χ1n) is 9.97. The van der Waals surface area contributed by atoms with Crippen molar-refractivity contribution in [3.63, 3.8) is 0 Å². The fraction of sp³-hybridized carbons (Fsp3) is 0.0800. The van der Waals surface area contributed by atoms with Crippen LogP contribution in [-0.4, -0.2) is 20.7 Å². The van der Waals surface area contributed by atoms with E-state index < -0.39 is 35.6 Å². The maximum absolute atomic E-state index is 14.1. The minimum Gasteiger partial charge on any atom is -0.507 e. The second-order valence-electron chi connectivity index (χ2n) is 7.48. The average molecular weight is 532 g/mol. The van der Waals surface area contributed by atoms with Crippen molar-refractivity contribution in [1.82, 2.24) is 4.57 Å². The molecule has 0 saturated carbocycles. The van der Waals surface area contributed by atoms with E-state index in [-0.39, 0.29) is 11.3 Å². The molecule has 0 radical (unpaired) electrons. The number of carbonyl (C=O) groups is 1. The molecule has 0 aliphatic heterocycles. The Labute approximate surface area is 200 Å². The highest BCUT2D eigenvalue weighted by atomic mass is 79.9. The molecular formula is C25H17BrF3NO4. The number of ether oxygens (including phenoxy) is 1. The summed E-state index contributed by atoms with van der Waals surface area (Å²) in [5.74, 6) is -4.48. The van der Waals surface area contributed by atoms with Crippen molar-refractivity contribution in [3.05, 3.63) is 99.4 Å². The first-order valence-corrected chi connectivity index (χ1v) is 10.8. The van der Waals surface area contributed by atoms with Crippen LogP contribution >= 0.6 is 15.9 Å². The number of aromatic nitrogens is 1. The van der Waals surface area contributed by atoms with E-state index in [1.165, 1.54) is 12.1 Å². The Bertz CT molecular complexity index is 1390. The van der Waals surface area contributed by atoms with Crippen LogP contribution in [0.4, 0.5) is 13.2 Å². The number of aromatic carboxylic acids is 1. The summed E-state index contributed by atoms with van der Waals surface area (Å²) >= 11 is 3.41. The summed E-state index contributed by atoms with van der Waals surface area (Å²) in [6.45, 7) is 1.34. The molecule has 174 valence electrons. The molecule has 0 unspecified atom stereocenters. The Hall–Kier alpha value is -3.72. The quantitative estimate of drug-likeness (QED) is 0.293. The van der Waals surface area contributed by atoms with Gasteiger partial charge in [0, 0.05) is 33.6 Å². The van der Waals surface area contributed by atoms with E-state index >= 15 is 0 Å². The first-order chi connectivity index (χ1) is 16.2. The van der Waals surface area contributed by atoms with Crippen molar-refractivity contribution in [2.75, 3.05) is 0 Å². The van der Waals surface area contributed by atoms with Crippen LogP contribution in [0.2, 0.25) is 0 Å². The van der Waals surface area contributed by atoms with E-state index in [1.807, 2.05) is 13.0 Å². The van der Waals surface area contributed by atoms with Crippen LogP contribution in [0.25, 0.3) is 16.9 Å². The molecule has 0 atom stereocenters. The van der Waals surface area contributed by atoms with E-state index in [9.17, 15) is 28.2 Å². The fourth-order valence-electron chi connectivity index (χ4n) is 3.61. The third-order valence-corrected chi connectivity index (χ3v) is 5.73. The largest absolute Gasteiger partial charge is 0.507 e. The normalized spacial score (nSPS) is 11.0. The number of benzene rings is 3. The van der Waals surface area contributed by atoms with Gasteiger partial charge in [-0.3, -0.25) is 0 Å². The summed E-state index contributed by atoms with van der Waals surface area (Å²) in [6, 6.07) is 14.0. The van der Waals surface area contributed by atoms with Crippen LogP contribution in [0.1, 0.15) is 21.6 Å². The van der Waals surface area contributed by atoms with Gasteiger partial charge in [-0.25, -0.2) is 18.0 Å². The third kappa shape index (κ3) is 4.51. The number of aryl methyl sites for hydroxylation is 1. The molecule has 0 spiro atoms.